The van der Waals surface area contributed by atoms with E-state index in [-0.39, 0.29) is 11.8 Å². The molecule has 2 heteroatoms. The van der Waals surface area contributed by atoms with Crippen LogP contribution in [0.1, 0.15) is 18.9 Å². The molecular formula is C12H15NO. The van der Waals surface area contributed by atoms with Crippen molar-refractivity contribution in [2.45, 2.75) is 19.8 Å². The van der Waals surface area contributed by atoms with Crippen molar-refractivity contribution >= 4 is 11.6 Å². The Balaban J connectivity index is 2.45. The van der Waals surface area contributed by atoms with Gasteiger partial charge in [-0.15, -0.1) is 0 Å². The Hall–Kier alpha value is -1.31. The van der Waals surface area contributed by atoms with Crippen LogP contribution >= 0.6 is 0 Å². The maximum absolute atomic E-state index is 11.8. The summed E-state index contributed by atoms with van der Waals surface area (Å²) in [6, 6.07) is 8.15. The van der Waals surface area contributed by atoms with E-state index < -0.39 is 0 Å². The first-order valence-corrected chi connectivity index (χ1v) is 5.05. The average Bonchev–Trinajstić information content (AvgIpc) is 2.32. The molecular weight excluding hydrogens is 174 g/mol. The second-order valence-corrected chi connectivity index (χ2v) is 3.97. The molecule has 0 N–H and O–H groups in total. The quantitative estimate of drug-likeness (QED) is 0.613. The van der Waals surface area contributed by atoms with Gasteiger partial charge in [0, 0.05) is 18.7 Å². The van der Waals surface area contributed by atoms with Crippen LogP contribution in [0.5, 0.6) is 0 Å². The first-order chi connectivity index (χ1) is 6.70. The molecule has 14 heavy (non-hydrogen) atoms. The Labute approximate surface area is 84.5 Å². The number of hydrogen-bond donors (Lipinski definition) is 0. The van der Waals surface area contributed by atoms with Crippen molar-refractivity contribution in [3.63, 3.8) is 0 Å². The minimum atomic E-state index is 0.146. The molecule has 1 aromatic rings. The number of rotatable bonds is 0. The van der Waals surface area contributed by atoms with Crippen LogP contribution in [0.2, 0.25) is 0 Å². The van der Waals surface area contributed by atoms with Crippen LogP contribution in [0, 0.1) is 5.92 Å². The summed E-state index contributed by atoms with van der Waals surface area (Å²) in [5.74, 6) is 0.377. The average molecular weight is 189 g/mol. The molecule has 74 valence electrons. The molecule has 1 amide bonds. The molecule has 1 aromatic carbocycles. The Morgan fingerprint density at radius 2 is 2.07 bits per heavy atom. The summed E-state index contributed by atoms with van der Waals surface area (Å²) in [5.41, 5.74) is 2.36. The smallest absolute Gasteiger partial charge is 0.229 e. The van der Waals surface area contributed by atoms with Crippen molar-refractivity contribution in [3.8, 4) is 0 Å². The lowest BCUT2D eigenvalue weighted by Crippen LogP contribution is -2.30. The Bertz CT molecular complexity index is 359. The molecule has 0 aromatic heterocycles. The molecule has 1 aliphatic heterocycles. The van der Waals surface area contributed by atoms with Crippen LogP contribution in [-0.4, -0.2) is 13.0 Å². The minimum Gasteiger partial charge on any atom is -0.315 e. The van der Waals surface area contributed by atoms with E-state index in [0.29, 0.717) is 0 Å². The molecule has 0 bridgehead atoms. The van der Waals surface area contributed by atoms with E-state index in [0.717, 1.165) is 18.5 Å². The highest BCUT2D eigenvalue weighted by molar-refractivity contribution is 5.95. The lowest BCUT2D eigenvalue weighted by atomic mass is 10.0. The number of nitrogens with zero attached hydrogens (tertiary/aromatic N) is 1. The van der Waals surface area contributed by atoms with Crippen LogP contribution in [-0.2, 0) is 11.2 Å². The second kappa shape index (κ2) is 3.45. The number of carbonyl (C=O) groups excluding carboxylic acids is 1. The SMILES string of the molecule is C[C@H]1CCc2ccccc2N(C)C1=O. The molecule has 1 aliphatic rings. The van der Waals surface area contributed by atoms with Crippen LogP contribution in [0.3, 0.4) is 0 Å². The van der Waals surface area contributed by atoms with Gasteiger partial charge >= 0.3 is 0 Å². The maximum Gasteiger partial charge on any atom is 0.229 e. The number of carbonyl (C=O) groups is 1. The first-order valence-electron chi connectivity index (χ1n) is 5.05. The van der Waals surface area contributed by atoms with Gasteiger partial charge in [-0.05, 0) is 24.5 Å². The zero-order valence-corrected chi connectivity index (χ0v) is 8.66. The van der Waals surface area contributed by atoms with Crippen molar-refractivity contribution in [2.75, 3.05) is 11.9 Å². The van der Waals surface area contributed by atoms with Gasteiger partial charge in [0.2, 0.25) is 5.91 Å². The molecule has 0 spiro atoms. The molecule has 0 fully saturated rings. The summed E-state index contributed by atoms with van der Waals surface area (Å²) >= 11 is 0. The van der Waals surface area contributed by atoms with E-state index in [1.165, 1.54) is 5.56 Å². The van der Waals surface area contributed by atoms with Crippen molar-refractivity contribution in [2.24, 2.45) is 5.92 Å². The summed E-state index contributed by atoms with van der Waals surface area (Å²) in [5, 5.41) is 0. The van der Waals surface area contributed by atoms with Gasteiger partial charge in [0.05, 0.1) is 0 Å². The predicted molar refractivity (Wildman–Crippen MR) is 57.3 cm³/mol. The molecule has 0 radical (unpaired) electrons. The lowest BCUT2D eigenvalue weighted by molar-refractivity contribution is -0.121. The highest BCUT2D eigenvalue weighted by atomic mass is 16.2. The summed E-state index contributed by atoms with van der Waals surface area (Å²) in [6.45, 7) is 2.00. The van der Waals surface area contributed by atoms with Gasteiger partial charge in [-0.25, -0.2) is 0 Å². The first kappa shape index (κ1) is 9.25. The van der Waals surface area contributed by atoms with E-state index >= 15 is 0 Å². The maximum atomic E-state index is 11.8. The van der Waals surface area contributed by atoms with E-state index in [1.807, 2.05) is 32.2 Å². The molecule has 2 nitrogen and oxygen atoms in total. The monoisotopic (exact) mass is 189 g/mol. The van der Waals surface area contributed by atoms with Gasteiger partial charge in [-0.2, -0.15) is 0 Å². The van der Waals surface area contributed by atoms with Gasteiger partial charge in [0.15, 0.2) is 0 Å². The van der Waals surface area contributed by atoms with Crippen molar-refractivity contribution in [1.82, 2.24) is 0 Å². The highest BCUT2D eigenvalue weighted by Crippen LogP contribution is 2.27. The normalized spacial score (nSPS) is 21.7. The summed E-state index contributed by atoms with van der Waals surface area (Å²) < 4.78 is 0. The van der Waals surface area contributed by atoms with Gasteiger partial charge < -0.3 is 4.90 Å². The Morgan fingerprint density at radius 3 is 2.86 bits per heavy atom. The van der Waals surface area contributed by atoms with Crippen molar-refractivity contribution < 1.29 is 4.79 Å². The fourth-order valence-corrected chi connectivity index (χ4v) is 1.99. The van der Waals surface area contributed by atoms with Crippen LogP contribution in [0.25, 0.3) is 0 Å². The van der Waals surface area contributed by atoms with Crippen LogP contribution in [0.15, 0.2) is 24.3 Å². The van der Waals surface area contributed by atoms with E-state index in [1.54, 1.807) is 4.90 Å². The van der Waals surface area contributed by atoms with Gasteiger partial charge in [-0.3, -0.25) is 4.79 Å². The number of aryl methyl sites for hydroxylation is 1. The molecule has 0 saturated carbocycles. The van der Waals surface area contributed by atoms with E-state index in [9.17, 15) is 4.79 Å². The van der Waals surface area contributed by atoms with Gasteiger partial charge in [-0.1, -0.05) is 25.1 Å². The number of amides is 1. The summed E-state index contributed by atoms with van der Waals surface area (Å²) in [7, 11) is 1.86. The third kappa shape index (κ3) is 1.41. The minimum absolute atomic E-state index is 0.146. The molecule has 0 unspecified atom stereocenters. The fourth-order valence-electron chi connectivity index (χ4n) is 1.99. The number of benzene rings is 1. The number of fused-ring (bicyclic) bond motifs is 1. The largest absolute Gasteiger partial charge is 0.315 e. The topological polar surface area (TPSA) is 20.3 Å². The van der Waals surface area contributed by atoms with Gasteiger partial charge in [0.25, 0.3) is 0 Å². The zero-order valence-electron chi connectivity index (χ0n) is 8.66. The molecule has 0 aliphatic carbocycles. The van der Waals surface area contributed by atoms with Gasteiger partial charge in [0.1, 0.15) is 0 Å². The van der Waals surface area contributed by atoms with Crippen LogP contribution in [0.4, 0.5) is 5.69 Å². The standard InChI is InChI=1S/C12H15NO/c1-9-7-8-10-5-3-4-6-11(10)13(2)12(9)14/h3-6,9H,7-8H2,1-2H3/t9-/m0/s1. The fraction of sp³-hybridized carbons (Fsp3) is 0.417. The molecule has 0 saturated heterocycles. The van der Waals surface area contributed by atoms with E-state index in [2.05, 4.69) is 6.07 Å². The summed E-state index contributed by atoms with van der Waals surface area (Å²) in [6.07, 6.45) is 1.97. The number of para-hydroxylation sites is 1. The molecule has 1 heterocycles. The van der Waals surface area contributed by atoms with E-state index in [4.69, 9.17) is 0 Å². The summed E-state index contributed by atoms with van der Waals surface area (Å²) in [4.78, 5) is 13.6. The molecule has 2 rings (SSSR count). The highest BCUT2D eigenvalue weighted by Gasteiger charge is 2.23. The third-order valence-corrected chi connectivity index (χ3v) is 2.95. The lowest BCUT2D eigenvalue weighted by Gasteiger charge is -2.19. The van der Waals surface area contributed by atoms with Crippen molar-refractivity contribution in [3.05, 3.63) is 29.8 Å². The van der Waals surface area contributed by atoms with Crippen molar-refractivity contribution in [1.29, 1.82) is 0 Å². The molecule has 1 atom stereocenters. The van der Waals surface area contributed by atoms with Crippen LogP contribution < -0.4 is 4.90 Å². The zero-order chi connectivity index (χ0) is 10.1. The Morgan fingerprint density at radius 1 is 1.36 bits per heavy atom. The predicted octanol–water partition coefficient (Wildman–Crippen LogP) is 2.23. The third-order valence-electron chi connectivity index (χ3n) is 2.95. The number of hydrogen-bond acceptors (Lipinski definition) is 1. The Kier molecular flexibility index (Phi) is 2.28. The number of anilines is 1. The second-order valence-electron chi connectivity index (χ2n) is 3.97.